The van der Waals surface area contributed by atoms with Crippen LogP contribution in [0.5, 0.6) is 5.75 Å². The molecule has 0 unspecified atom stereocenters. The van der Waals surface area contributed by atoms with Crippen LogP contribution in [0.2, 0.25) is 5.02 Å². The Morgan fingerprint density at radius 3 is 2.60 bits per heavy atom. The Morgan fingerprint density at radius 2 is 1.90 bits per heavy atom. The summed E-state index contributed by atoms with van der Waals surface area (Å²) in [6.45, 7) is 1.79. The molecule has 4 nitrogen and oxygen atoms in total. The zero-order valence-electron chi connectivity index (χ0n) is 11.1. The molecule has 2 aromatic rings. The van der Waals surface area contributed by atoms with Gasteiger partial charge >= 0.3 is 0 Å². The second-order valence-electron chi connectivity index (χ2n) is 4.81. The Balaban J connectivity index is 1.59. The van der Waals surface area contributed by atoms with Crippen LogP contribution in [0, 0.1) is 0 Å². The summed E-state index contributed by atoms with van der Waals surface area (Å²) < 4.78 is 5.98. The van der Waals surface area contributed by atoms with Crippen molar-refractivity contribution < 1.29 is 4.74 Å². The number of piperidine rings is 1. The number of para-hydroxylation sites is 1. The molecular formula is C15H16ClN3O. The molecule has 1 aliphatic heterocycles. The predicted octanol–water partition coefficient (Wildman–Crippen LogP) is 3.18. The molecule has 0 bridgehead atoms. The van der Waals surface area contributed by atoms with E-state index in [0.29, 0.717) is 5.02 Å². The predicted molar refractivity (Wildman–Crippen MR) is 79.3 cm³/mol. The summed E-state index contributed by atoms with van der Waals surface area (Å²) in [4.78, 5) is 10.4. The van der Waals surface area contributed by atoms with Crippen LogP contribution in [0.25, 0.3) is 0 Å². The molecule has 0 spiro atoms. The molecule has 1 aromatic heterocycles. The third-order valence-corrected chi connectivity index (χ3v) is 3.70. The van der Waals surface area contributed by atoms with Crippen LogP contribution in [0.1, 0.15) is 12.8 Å². The van der Waals surface area contributed by atoms with Crippen LogP contribution in [0.15, 0.2) is 42.9 Å². The Morgan fingerprint density at radius 1 is 1.15 bits per heavy atom. The smallest absolute Gasteiger partial charge is 0.150 e. The molecule has 3 rings (SSSR count). The van der Waals surface area contributed by atoms with Crippen LogP contribution in [-0.4, -0.2) is 29.2 Å². The Hall–Kier alpha value is -1.81. The molecule has 1 saturated heterocycles. The molecule has 5 heteroatoms. The number of anilines is 1. The number of ether oxygens (including phenoxy) is 1. The Bertz CT molecular complexity index is 556. The SMILES string of the molecule is Clc1cncnc1N1CCC(Oc2ccccc2)CC1. The molecule has 0 radical (unpaired) electrons. The first-order chi connectivity index (χ1) is 9.83. The van der Waals surface area contributed by atoms with Gasteiger partial charge < -0.3 is 9.64 Å². The molecule has 104 valence electrons. The number of benzene rings is 1. The first-order valence-electron chi connectivity index (χ1n) is 6.75. The van der Waals surface area contributed by atoms with Gasteiger partial charge in [0.2, 0.25) is 0 Å². The summed E-state index contributed by atoms with van der Waals surface area (Å²) in [7, 11) is 0. The maximum atomic E-state index is 6.13. The fraction of sp³-hybridized carbons (Fsp3) is 0.333. The lowest BCUT2D eigenvalue weighted by Gasteiger charge is -2.33. The molecule has 1 aliphatic rings. The zero-order valence-corrected chi connectivity index (χ0v) is 11.8. The van der Waals surface area contributed by atoms with Crippen molar-refractivity contribution in [2.45, 2.75) is 18.9 Å². The van der Waals surface area contributed by atoms with Gasteiger partial charge in [0.15, 0.2) is 5.82 Å². The number of halogens is 1. The van der Waals surface area contributed by atoms with Crippen molar-refractivity contribution in [1.82, 2.24) is 9.97 Å². The van der Waals surface area contributed by atoms with E-state index in [9.17, 15) is 0 Å². The summed E-state index contributed by atoms with van der Waals surface area (Å²) in [6.07, 6.45) is 5.36. The van der Waals surface area contributed by atoms with E-state index in [1.54, 1.807) is 6.20 Å². The minimum absolute atomic E-state index is 0.259. The lowest BCUT2D eigenvalue weighted by atomic mass is 10.1. The molecule has 0 N–H and O–H groups in total. The largest absolute Gasteiger partial charge is 0.490 e. The highest BCUT2D eigenvalue weighted by molar-refractivity contribution is 6.32. The van der Waals surface area contributed by atoms with Crippen LogP contribution in [-0.2, 0) is 0 Å². The number of hydrogen-bond donors (Lipinski definition) is 0. The highest BCUT2D eigenvalue weighted by Crippen LogP contribution is 2.26. The summed E-state index contributed by atoms with van der Waals surface area (Å²) in [5.74, 6) is 1.76. The molecule has 0 amide bonds. The average molecular weight is 290 g/mol. The van der Waals surface area contributed by atoms with Crippen LogP contribution in [0.3, 0.4) is 0 Å². The summed E-state index contributed by atoms with van der Waals surface area (Å²) in [6, 6.07) is 9.96. The summed E-state index contributed by atoms with van der Waals surface area (Å²) >= 11 is 6.13. The van der Waals surface area contributed by atoms with Gasteiger partial charge in [0.25, 0.3) is 0 Å². The first-order valence-corrected chi connectivity index (χ1v) is 7.13. The van der Waals surface area contributed by atoms with E-state index in [-0.39, 0.29) is 6.10 Å². The van der Waals surface area contributed by atoms with E-state index in [1.165, 1.54) is 6.33 Å². The highest BCUT2D eigenvalue weighted by Gasteiger charge is 2.22. The maximum absolute atomic E-state index is 6.13. The van der Waals surface area contributed by atoms with Crippen molar-refractivity contribution in [3.05, 3.63) is 47.9 Å². The second-order valence-corrected chi connectivity index (χ2v) is 5.22. The number of rotatable bonds is 3. The van der Waals surface area contributed by atoms with E-state index in [0.717, 1.165) is 37.5 Å². The van der Waals surface area contributed by atoms with Gasteiger partial charge in [-0.05, 0) is 12.1 Å². The van der Waals surface area contributed by atoms with E-state index in [2.05, 4.69) is 14.9 Å². The van der Waals surface area contributed by atoms with Gasteiger partial charge in [0, 0.05) is 25.9 Å². The quantitative estimate of drug-likeness (QED) is 0.870. The maximum Gasteiger partial charge on any atom is 0.150 e. The van der Waals surface area contributed by atoms with Crippen molar-refractivity contribution >= 4 is 17.4 Å². The molecule has 2 heterocycles. The molecule has 1 aromatic carbocycles. The minimum atomic E-state index is 0.259. The molecule has 0 aliphatic carbocycles. The normalized spacial score (nSPS) is 16.1. The fourth-order valence-electron chi connectivity index (χ4n) is 2.42. The molecule has 0 saturated carbocycles. The van der Waals surface area contributed by atoms with Gasteiger partial charge in [-0.2, -0.15) is 0 Å². The summed E-state index contributed by atoms with van der Waals surface area (Å²) in [5, 5.41) is 0.606. The molecular weight excluding hydrogens is 274 g/mol. The van der Waals surface area contributed by atoms with Crippen molar-refractivity contribution in [2.75, 3.05) is 18.0 Å². The van der Waals surface area contributed by atoms with Crippen molar-refractivity contribution in [1.29, 1.82) is 0 Å². The lowest BCUT2D eigenvalue weighted by Crippen LogP contribution is -2.38. The van der Waals surface area contributed by atoms with Gasteiger partial charge in [-0.1, -0.05) is 29.8 Å². The lowest BCUT2D eigenvalue weighted by molar-refractivity contribution is 0.170. The first kappa shape index (κ1) is 13.2. The monoisotopic (exact) mass is 289 g/mol. The van der Waals surface area contributed by atoms with Crippen LogP contribution < -0.4 is 9.64 Å². The minimum Gasteiger partial charge on any atom is -0.490 e. The Labute approximate surface area is 123 Å². The van der Waals surface area contributed by atoms with Gasteiger partial charge in [-0.15, -0.1) is 0 Å². The third kappa shape index (κ3) is 3.02. The van der Waals surface area contributed by atoms with E-state index in [4.69, 9.17) is 16.3 Å². The zero-order chi connectivity index (χ0) is 13.8. The number of nitrogens with zero attached hydrogens (tertiary/aromatic N) is 3. The fourth-order valence-corrected chi connectivity index (χ4v) is 2.64. The molecule has 0 atom stereocenters. The van der Waals surface area contributed by atoms with Gasteiger partial charge in [-0.25, -0.2) is 9.97 Å². The third-order valence-electron chi connectivity index (χ3n) is 3.44. The van der Waals surface area contributed by atoms with E-state index < -0.39 is 0 Å². The molecule has 20 heavy (non-hydrogen) atoms. The average Bonchev–Trinajstić information content (AvgIpc) is 2.50. The Kier molecular flexibility index (Phi) is 4.02. The number of aromatic nitrogens is 2. The molecule has 1 fully saturated rings. The topological polar surface area (TPSA) is 38.2 Å². The number of hydrogen-bond acceptors (Lipinski definition) is 4. The van der Waals surface area contributed by atoms with Crippen LogP contribution in [0.4, 0.5) is 5.82 Å². The van der Waals surface area contributed by atoms with Crippen molar-refractivity contribution in [3.63, 3.8) is 0 Å². The highest BCUT2D eigenvalue weighted by atomic mass is 35.5. The van der Waals surface area contributed by atoms with Gasteiger partial charge in [0.1, 0.15) is 23.2 Å². The standard InChI is InChI=1S/C15H16ClN3O/c16-14-10-17-11-18-15(14)19-8-6-13(7-9-19)20-12-4-2-1-3-5-12/h1-5,10-11,13H,6-9H2. The van der Waals surface area contributed by atoms with E-state index >= 15 is 0 Å². The summed E-state index contributed by atoms with van der Waals surface area (Å²) in [5.41, 5.74) is 0. The second kappa shape index (κ2) is 6.09. The van der Waals surface area contributed by atoms with E-state index in [1.807, 2.05) is 30.3 Å². The van der Waals surface area contributed by atoms with Crippen molar-refractivity contribution in [2.24, 2.45) is 0 Å². The van der Waals surface area contributed by atoms with Gasteiger partial charge in [-0.3, -0.25) is 0 Å². The van der Waals surface area contributed by atoms with Gasteiger partial charge in [0.05, 0.1) is 6.20 Å². The van der Waals surface area contributed by atoms with Crippen molar-refractivity contribution in [3.8, 4) is 5.75 Å². The van der Waals surface area contributed by atoms with Crippen LogP contribution >= 0.6 is 11.6 Å².